The zero-order valence-electron chi connectivity index (χ0n) is 9.90. The minimum atomic E-state index is -3.23. The first-order chi connectivity index (χ1) is 7.44. The topological polar surface area (TPSA) is 66.5 Å². The van der Waals surface area contributed by atoms with Gasteiger partial charge < -0.3 is 10.2 Å². The largest absolute Gasteiger partial charge is 0.338 e. The zero-order chi connectivity index (χ0) is 12.2. The van der Waals surface area contributed by atoms with Crippen LogP contribution in [0.1, 0.15) is 19.8 Å². The quantitative estimate of drug-likeness (QED) is 0.721. The van der Waals surface area contributed by atoms with Gasteiger partial charge in [-0.25, -0.2) is 8.42 Å². The first kappa shape index (κ1) is 13.4. The van der Waals surface area contributed by atoms with E-state index in [1.165, 1.54) is 0 Å². The van der Waals surface area contributed by atoms with Crippen molar-refractivity contribution in [2.24, 2.45) is 0 Å². The summed E-state index contributed by atoms with van der Waals surface area (Å²) in [6.45, 7) is 4.30. The van der Waals surface area contributed by atoms with Crippen molar-refractivity contribution < 1.29 is 13.2 Å². The number of rotatable bonds is 5. The average molecular weight is 248 g/mol. The van der Waals surface area contributed by atoms with E-state index in [0.717, 1.165) is 32.2 Å². The monoisotopic (exact) mass is 248 g/mol. The number of hydrogen-bond acceptors (Lipinski definition) is 4. The number of nitrogens with one attached hydrogen (secondary N) is 1. The van der Waals surface area contributed by atoms with Gasteiger partial charge in [-0.1, -0.05) is 6.92 Å². The van der Waals surface area contributed by atoms with Crippen molar-refractivity contribution in [1.29, 1.82) is 0 Å². The lowest BCUT2D eigenvalue weighted by Gasteiger charge is -2.27. The summed E-state index contributed by atoms with van der Waals surface area (Å²) in [6, 6.07) is 0.161. The molecule has 1 heterocycles. The molecule has 1 amide bonds. The molecule has 1 unspecified atom stereocenters. The molecule has 0 aromatic carbocycles. The highest BCUT2D eigenvalue weighted by atomic mass is 32.2. The summed E-state index contributed by atoms with van der Waals surface area (Å²) >= 11 is 0. The van der Waals surface area contributed by atoms with Crippen LogP contribution in [0.4, 0.5) is 0 Å². The lowest BCUT2D eigenvalue weighted by atomic mass is 10.2. The maximum absolute atomic E-state index is 11.9. The van der Waals surface area contributed by atoms with E-state index in [1.54, 1.807) is 4.90 Å². The molecule has 0 radical (unpaired) electrons. The van der Waals surface area contributed by atoms with Crippen LogP contribution in [-0.2, 0) is 14.6 Å². The third-order valence-corrected chi connectivity index (χ3v) is 3.42. The number of carbonyl (C=O) groups excluding carboxylic acids is 1. The molecule has 16 heavy (non-hydrogen) atoms. The lowest BCUT2D eigenvalue weighted by Crippen LogP contribution is -2.44. The summed E-state index contributed by atoms with van der Waals surface area (Å²) in [5.41, 5.74) is 0. The molecule has 0 aromatic rings. The standard InChI is InChI=1S/C10H20N2O3S/c1-3-6-12(9-4-5-11-7-9)10(13)8-16(2,14)15/h9,11H,3-8H2,1-2H3. The van der Waals surface area contributed by atoms with Crippen molar-refractivity contribution in [3.63, 3.8) is 0 Å². The Hall–Kier alpha value is -0.620. The summed E-state index contributed by atoms with van der Waals surface area (Å²) in [5, 5.41) is 3.19. The van der Waals surface area contributed by atoms with Crippen LogP contribution in [0.2, 0.25) is 0 Å². The molecule has 1 saturated heterocycles. The van der Waals surface area contributed by atoms with Crippen LogP contribution in [0.25, 0.3) is 0 Å². The molecule has 94 valence electrons. The molecule has 1 aliphatic rings. The Morgan fingerprint density at radius 1 is 1.50 bits per heavy atom. The highest BCUT2D eigenvalue weighted by Crippen LogP contribution is 2.10. The molecule has 0 aliphatic carbocycles. The maximum Gasteiger partial charge on any atom is 0.238 e. The number of amides is 1. The highest BCUT2D eigenvalue weighted by Gasteiger charge is 2.27. The molecule has 0 aromatic heterocycles. The van der Waals surface area contributed by atoms with Crippen molar-refractivity contribution in [3.05, 3.63) is 0 Å². The minimum Gasteiger partial charge on any atom is -0.338 e. The van der Waals surface area contributed by atoms with Crippen molar-refractivity contribution in [2.75, 3.05) is 31.6 Å². The zero-order valence-corrected chi connectivity index (χ0v) is 10.7. The molecular formula is C10H20N2O3S. The van der Waals surface area contributed by atoms with E-state index < -0.39 is 9.84 Å². The van der Waals surface area contributed by atoms with Crippen LogP contribution in [0, 0.1) is 0 Å². The van der Waals surface area contributed by atoms with Crippen LogP contribution < -0.4 is 5.32 Å². The van der Waals surface area contributed by atoms with Crippen molar-refractivity contribution in [1.82, 2.24) is 10.2 Å². The summed E-state index contributed by atoms with van der Waals surface area (Å²) in [6.07, 6.45) is 2.86. The normalized spacial score (nSPS) is 21.0. The molecule has 5 nitrogen and oxygen atoms in total. The summed E-state index contributed by atoms with van der Waals surface area (Å²) < 4.78 is 22.2. The average Bonchev–Trinajstić information content (AvgIpc) is 2.63. The molecule has 1 atom stereocenters. The molecule has 0 saturated carbocycles. The Morgan fingerprint density at radius 2 is 2.19 bits per heavy atom. The Bertz CT molecular complexity index is 334. The second kappa shape index (κ2) is 5.63. The molecule has 1 N–H and O–H groups in total. The minimum absolute atomic E-state index is 0.161. The van der Waals surface area contributed by atoms with E-state index in [2.05, 4.69) is 5.32 Å². The van der Waals surface area contributed by atoms with Crippen LogP contribution in [0.5, 0.6) is 0 Å². The second-order valence-electron chi connectivity index (χ2n) is 4.30. The summed E-state index contributed by atoms with van der Waals surface area (Å²) in [5.74, 6) is -0.637. The molecule has 1 fully saturated rings. The first-order valence-electron chi connectivity index (χ1n) is 5.62. The maximum atomic E-state index is 11.9. The van der Waals surface area contributed by atoms with Crippen molar-refractivity contribution in [3.8, 4) is 0 Å². The van der Waals surface area contributed by atoms with Gasteiger partial charge in [0.1, 0.15) is 5.75 Å². The first-order valence-corrected chi connectivity index (χ1v) is 7.68. The van der Waals surface area contributed by atoms with Crippen LogP contribution in [-0.4, -0.2) is 56.9 Å². The predicted molar refractivity (Wildman–Crippen MR) is 63.0 cm³/mol. The van der Waals surface area contributed by atoms with Gasteiger partial charge in [0.25, 0.3) is 0 Å². The third kappa shape index (κ3) is 4.09. The van der Waals surface area contributed by atoms with E-state index >= 15 is 0 Å². The Balaban J connectivity index is 2.65. The molecule has 1 rings (SSSR count). The van der Waals surface area contributed by atoms with E-state index in [1.807, 2.05) is 6.92 Å². The molecule has 0 bridgehead atoms. The fraction of sp³-hybridized carbons (Fsp3) is 0.900. The third-order valence-electron chi connectivity index (χ3n) is 2.65. The van der Waals surface area contributed by atoms with Gasteiger partial charge in [-0.2, -0.15) is 0 Å². The Kier molecular flexibility index (Phi) is 4.73. The van der Waals surface area contributed by atoms with Gasteiger partial charge in [-0.05, 0) is 19.4 Å². The van der Waals surface area contributed by atoms with Crippen LogP contribution in [0.15, 0.2) is 0 Å². The van der Waals surface area contributed by atoms with Gasteiger partial charge in [0, 0.05) is 25.4 Å². The lowest BCUT2D eigenvalue weighted by molar-refractivity contribution is -0.130. The van der Waals surface area contributed by atoms with Gasteiger partial charge in [-0.3, -0.25) is 4.79 Å². The summed E-state index contributed by atoms with van der Waals surface area (Å²) in [7, 11) is -3.23. The van der Waals surface area contributed by atoms with Crippen molar-refractivity contribution >= 4 is 15.7 Å². The smallest absolute Gasteiger partial charge is 0.238 e. The number of hydrogen-bond donors (Lipinski definition) is 1. The van der Waals surface area contributed by atoms with Gasteiger partial charge in [0.2, 0.25) is 5.91 Å². The van der Waals surface area contributed by atoms with Crippen LogP contribution >= 0.6 is 0 Å². The highest BCUT2D eigenvalue weighted by molar-refractivity contribution is 7.91. The van der Waals surface area contributed by atoms with Crippen molar-refractivity contribution in [2.45, 2.75) is 25.8 Å². The molecule has 6 heteroatoms. The number of sulfone groups is 1. The van der Waals surface area contributed by atoms with Gasteiger partial charge in [0.05, 0.1) is 0 Å². The Morgan fingerprint density at radius 3 is 2.62 bits per heavy atom. The van der Waals surface area contributed by atoms with E-state index in [0.29, 0.717) is 6.54 Å². The van der Waals surface area contributed by atoms with Gasteiger partial charge in [-0.15, -0.1) is 0 Å². The second-order valence-corrected chi connectivity index (χ2v) is 6.44. The van der Waals surface area contributed by atoms with Crippen LogP contribution in [0.3, 0.4) is 0 Å². The predicted octanol–water partition coefficient (Wildman–Crippen LogP) is -0.368. The summed E-state index contributed by atoms with van der Waals surface area (Å²) in [4.78, 5) is 13.6. The van der Waals surface area contributed by atoms with E-state index in [-0.39, 0.29) is 17.7 Å². The number of carbonyl (C=O) groups is 1. The molecule has 0 spiro atoms. The fourth-order valence-electron chi connectivity index (χ4n) is 1.96. The number of nitrogens with zero attached hydrogens (tertiary/aromatic N) is 1. The van der Waals surface area contributed by atoms with Gasteiger partial charge in [0.15, 0.2) is 9.84 Å². The van der Waals surface area contributed by atoms with Gasteiger partial charge >= 0.3 is 0 Å². The van der Waals surface area contributed by atoms with E-state index in [4.69, 9.17) is 0 Å². The SMILES string of the molecule is CCCN(C(=O)CS(C)(=O)=O)C1CCNC1. The van der Waals surface area contributed by atoms with E-state index in [9.17, 15) is 13.2 Å². The molecule has 1 aliphatic heterocycles. The molecular weight excluding hydrogens is 228 g/mol. The Labute approximate surface area is 97.1 Å². The fourth-order valence-corrected chi connectivity index (χ4v) is 2.58.